The van der Waals surface area contributed by atoms with E-state index >= 15 is 0 Å². The molecule has 0 radical (unpaired) electrons. The Balaban J connectivity index is 1.76. The van der Waals surface area contributed by atoms with Crippen molar-refractivity contribution in [2.75, 3.05) is 11.9 Å². The van der Waals surface area contributed by atoms with Crippen molar-refractivity contribution < 1.29 is 26.0 Å². The molecule has 0 heterocycles. The van der Waals surface area contributed by atoms with E-state index in [1.165, 1.54) is 12.1 Å². The van der Waals surface area contributed by atoms with Gasteiger partial charge in [-0.15, -0.1) is 0 Å². The minimum atomic E-state index is -4.66. The van der Waals surface area contributed by atoms with Gasteiger partial charge in [0.05, 0.1) is 10.5 Å². The molecule has 0 aromatic heterocycles. The second-order valence-electron chi connectivity index (χ2n) is 7.59. The summed E-state index contributed by atoms with van der Waals surface area (Å²) >= 11 is 0. The maximum Gasteiger partial charge on any atom is 0.418 e. The van der Waals surface area contributed by atoms with Crippen LogP contribution in [-0.2, 0) is 16.2 Å². The van der Waals surface area contributed by atoms with Crippen molar-refractivity contribution in [3.63, 3.8) is 0 Å². The number of rotatable bonds is 5. The number of nitrogens with one attached hydrogen (secondary N) is 1. The number of anilines is 1. The third-order valence-corrected chi connectivity index (χ3v) is 6.35. The second kappa shape index (κ2) is 6.73. The first-order valence-electron chi connectivity index (χ1n) is 8.55. The molecule has 152 valence electrons. The third kappa shape index (κ3) is 4.00. The second-order valence-corrected chi connectivity index (χ2v) is 9.15. The monoisotopic (exact) mass is 416 g/mol. The summed E-state index contributed by atoms with van der Waals surface area (Å²) in [6.45, 7) is 4.25. The number of benzene rings is 2. The molecule has 2 atom stereocenters. The number of hydrogen-bond acceptors (Lipinski definition) is 3. The summed E-state index contributed by atoms with van der Waals surface area (Å²) in [6, 6.07) is 8.74. The molecule has 0 aliphatic heterocycles. The Labute approximate surface area is 160 Å². The van der Waals surface area contributed by atoms with Gasteiger partial charge in [0.2, 0.25) is 10.0 Å². The van der Waals surface area contributed by atoms with E-state index < -0.39 is 27.6 Å². The summed E-state index contributed by atoms with van der Waals surface area (Å²) in [7, 11) is -3.79. The summed E-state index contributed by atoms with van der Waals surface area (Å²) < 4.78 is 75.4. The largest absolute Gasteiger partial charge is 0.418 e. The predicted octanol–water partition coefficient (Wildman–Crippen LogP) is 4.34. The van der Waals surface area contributed by atoms with Crippen molar-refractivity contribution in [3.05, 3.63) is 59.4 Å². The van der Waals surface area contributed by atoms with E-state index in [1.807, 2.05) is 13.8 Å². The molecule has 3 rings (SSSR count). The lowest BCUT2D eigenvalue weighted by Gasteiger charge is -2.15. The Morgan fingerprint density at radius 3 is 2.25 bits per heavy atom. The number of alkyl halides is 3. The third-order valence-electron chi connectivity index (χ3n) is 5.42. The van der Waals surface area contributed by atoms with Crippen molar-refractivity contribution >= 4 is 15.7 Å². The van der Waals surface area contributed by atoms with Crippen molar-refractivity contribution in [2.24, 2.45) is 16.5 Å². The molecule has 1 aliphatic carbocycles. The fourth-order valence-electron chi connectivity index (χ4n) is 3.78. The highest BCUT2D eigenvalue weighted by Gasteiger charge is 2.57. The van der Waals surface area contributed by atoms with Crippen LogP contribution in [0.25, 0.3) is 0 Å². The van der Waals surface area contributed by atoms with E-state index in [1.54, 1.807) is 12.1 Å². The first kappa shape index (κ1) is 20.6. The molecule has 3 N–H and O–H groups in total. The first-order chi connectivity index (χ1) is 12.8. The number of halogens is 4. The molecule has 9 heteroatoms. The van der Waals surface area contributed by atoms with Gasteiger partial charge in [-0.05, 0) is 53.1 Å². The van der Waals surface area contributed by atoms with Crippen LogP contribution < -0.4 is 10.5 Å². The molecule has 4 nitrogen and oxygen atoms in total. The fraction of sp³-hybridized carbons (Fsp3) is 0.368. The maximum atomic E-state index is 13.2. The standard InChI is InChI=1S/C19H20F4N2O2S/c1-18(2)15(17(18)11-3-6-13(7-4-11)28(24,26)27)10-25-16-8-5-12(20)9-14(16)19(21,22)23/h3-9,15,17,25H,10H2,1-2H3,(H2,24,26,27)/t15-,17-/m0/s1. The van der Waals surface area contributed by atoms with E-state index in [2.05, 4.69) is 5.32 Å². The first-order valence-corrected chi connectivity index (χ1v) is 10.1. The molecular weight excluding hydrogens is 396 g/mol. The van der Waals surface area contributed by atoms with Gasteiger partial charge in [-0.1, -0.05) is 26.0 Å². The summed E-state index contributed by atoms with van der Waals surface area (Å²) in [4.78, 5) is 0.00510. The van der Waals surface area contributed by atoms with Crippen LogP contribution in [0.4, 0.5) is 23.2 Å². The van der Waals surface area contributed by atoms with E-state index in [9.17, 15) is 26.0 Å². The van der Waals surface area contributed by atoms with Crippen molar-refractivity contribution in [1.82, 2.24) is 0 Å². The summed E-state index contributed by atoms with van der Waals surface area (Å²) in [5.41, 5.74) is -0.506. The molecule has 28 heavy (non-hydrogen) atoms. The van der Waals surface area contributed by atoms with Crippen LogP contribution in [0.3, 0.4) is 0 Å². The Morgan fingerprint density at radius 2 is 1.71 bits per heavy atom. The van der Waals surface area contributed by atoms with E-state index in [4.69, 9.17) is 5.14 Å². The molecule has 0 amide bonds. The Hall–Kier alpha value is -2.13. The van der Waals surface area contributed by atoms with Gasteiger partial charge in [0.15, 0.2) is 0 Å². The Bertz CT molecular complexity index is 986. The normalized spacial score (nSPS) is 21.4. The van der Waals surface area contributed by atoms with Crippen molar-refractivity contribution in [3.8, 4) is 0 Å². The Kier molecular flexibility index (Phi) is 4.95. The van der Waals surface area contributed by atoms with Gasteiger partial charge in [-0.2, -0.15) is 13.2 Å². The minimum Gasteiger partial charge on any atom is -0.384 e. The van der Waals surface area contributed by atoms with E-state index in [0.29, 0.717) is 6.07 Å². The van der Waals surface area contributed by atoms with Crippen LogP contribution in [0.15, 0.2) is 47.4 Å². The van der Waals surface area contributed by atoms with Crippen molar-refractivity contribution in [1.29, 1.82) is 0 Å². The van der Waals surface area contributed by atoms with E-state index in [-0.39, 0.29) is 34.4 Å². The molecule has 1 fully saturated rings. The van der Waals surface area contributed by atoms with Crippen LogP contribution in [-0.4, -0.2) is 15.0 Å². The van der Waals surface area contributed by atoms with Crippen LogP contribution in [0.5, 0.6) is 0 Å². The SMILES string of the molecule is CC1(C)[C@@H](CNc2ccc(F)cc2C(F)(F)F)[C@@H]1c1ccc(S(N)(=O)=O)cc1. The number of nitrogens with two attached hydrogens (primary N) is 1. The number of hydrogen-bond donors (Lipinski definition) is 2. The van der Waals surface area contributed by atoms with Crippen LogP contribution in [0, 0.1) is 17.2 Å². The van der Waals surface area contributed by atoms with E-state index in [0.717, 1.165) is 17.7 Å². The van der Waals surface area contributed by atoms with Gasteiger partial charge in [-0.3, -0.25) is 0 Å². The summed E-state index contributed by atoms with van der Waals surface area (Å²) in [5, 5.41) is 7.89. The zero-order valence-corrected chi connectivity index (χ0v) is 16.0. The lowest BCUT2D eigenvalue weighted by Crippen LogP contribution is -2.14. The smallest absolute Gasteiger partial charge is 0.384 e. The molecule has 0 saturated heterocycles. The highest BCUT2D eigenvalue weighted by Crippen LogP contribution is 2.64. The van der Waals surface area contributed by atoms with Gasteiger partial charge in [0.1, 0.15) is 5.82 Å². The quantitative estimate of drug-likeness (QED) is 0.712. The lowest BCUT2D eigenvalue weighted by atomic mass is 10.0. The van der Waals surface area contributed by atoms with Crippen LogP contribution in [0.1, 0.15) is 30.9 Å². The molecule has 2 aromatic rings. The highest BCUT2D eigenvalue weighted by atomic mass is 32.2. The maximum absolute atomic E-state index is 13.2. The summed E-state index contributed by atoms with van der Waals surface area (Å²) in [5.74, 6) is -0.874. The molecule has 1 saturated carbocycles. The van der Waals surface area contributed by atoms with Crippen molar-refractivity contribution in [2.45, 2.75) is 30.8 Å². The number of sulfonamides is 1. The predicted molar refractivity (Wildman–Crippen MR) is 97.7 cm³/mol. The Morgan fingerprint density at radius 1 is 1.11 bits per heavy atom. The molecule has 0 unspecified atom stereocenters. The van der Waals surface area contributed by atoms with Gasteiger partial charge < -0.3 is 5.32 Å². The minimum absolute atomic E-state index is 0.00510. The van der Waals surface area contributed by atoms with Crippen LogP contribution >= 0.6 is 0 Å². The highest BCUT2D eigenvalue weighted by molar-refractivity contribution is 7.89. The molecular formula is C19H20F4N2O2S. The van der Waals surface area contributed by atoms with Gasteiger partial charge in [0.25, 0.3) is 0 Å². The summed E-state index contributed by atoms with van der Waals surface area (Å²) in [6.07, 6.45) is -4.66. The van der Waals surface area contributed by atoms with Gasteiger partial charge in [-0.25, -0.2) is 17.9 Å². The topological polar surface area (TPSA) is 72.2 Å². The average Bonchev–Trinajstić information content (AvgIpc) is 3.13. The van der Waals surface area contributed by atoms with Gasteiger partial charge in [0, 0.05) is 12.2 Å². The molecule has 2 aromatic carbocycles. The van der Waals surface area contributed by atoms with Crippen LogP contribution in [0.2, 0.25) is 0 Å². The number of primary sulfonamides is 1. The fourth-order valence-corrected chi connectivity index (χ4v) is 4.29. The zero-order valence-electron chi connectivity index (χ0n) is 15.2. The average molecular weight is 416 g/mol. The zero-order chi connectivity index (χ0) is 20.9. The molecule has 0 bridgehead atoms. The van der Waals surface area contributed by atoms with Gasteiger partial charge >= 0.3 is 6.18 Å². The lowest BCUT2D eigenvalue weighted by molar-refractivity contribution is -0.137. The molecule has 1 aliphatic rings. The molecule has 0 spiro atoms.